The van der Waals surface area contributed by atoms with Crippen molar-refractivity contribution in [2.75, 3.05) is 5.88 Å². The summed E-state index contributed by atoms with van der Waals surface area (Å²) in [5.41, 5.74) is -1.24. The Morgan fingerprint density at radius 2 is 2.06 bits per heavy atom. The van der Waals surface area contributed by atoms with Crippen LogP contribution in [0.2, 0.25) is 0 Å². The van der Waals surface area contributed by atoms with Crippen LogP contribution in [0.1, 0.15) is 18.9 Å². The van der Waals surface area contributed by atoms with E-state index in [0.29, 0.717) is 6.07 Å². The van der Waals surface area contributed by atoms with Gasteiger partial charge >= 0.3 is 6.18 Å². The molecule has 0 radical (unpaired) electrons. The summed E-state index contributed by atoms with van der Waals surface area (Å²) in [6.45, 7) is 1.31. The van der Waals surface area contributed by atoms with Crippen molar-refractivity contribution in [3.8, 4) is 0 Å². The van der Waals surface area contributed by atoms with Gasteiger partial charge in [0.1, 0.15) is 0 Å². The SMILES string of the molecule is CC(CCCl)S(=O)(=O)c1ncccc1C(F)(F)F. The van der Waals surface area contributed by atoms with Crippen molar-refractivity contribution in [2.45, 2.75) is 29.8 Å². The van der Waals surface area contributed by atoms with E-state index in [0.717, 1.165) is 12.3 Å². The van der Waals surface area contributed by atoms with Crippen LogP contribution >= 0.6 is 11.6 Å². The second kappa shape index (κ2) is 5.44. The molecule has 0 fully saturated rings. The van der Waals surface area contributed by atoms with E-state index in [2.05, 4.69) is 4.98 Å². The predicted octanol–water partition coefficient (Wildman–Crippen LogP) is 2.89. The second-order valence-corrected chi connectivity index (χ2v) is 6.35. The number of pyridine rings is 1. The lowest BCUT2D eigenvalue weighted by atomic mass is 10.3. The van der Waals surface area contributed by atoms with Crippen molar-refractivity contribution in [3.63, 3.8) is 0 Å². The van der Waals surface area contributed by atoms with E-state index in [1.807, 2.05) is 0 Å². The lowest BCUT2D eigenvalue weighted by molar-refractivity contribution is -0.140. The van der Waals surface area contributed by atoms with Crippen LogP contribution in [-0.4, -0.2) is 24.5 Å². The van der Waals surface area contributed by atoms with Crippen molar-refractivity contribution in [2.24, 2.45) is 0 Å². The normalized spacial score (nSPS) is 14.5. The molecule has 1 heterocycles. The molecule has 8 heteroatoms. The van der Waals surface area contributed by atoms with Gasteiger partial charge in [-0.05, 0) is 25.5 Å². The zero-order valence-corrected chi connectivity index (χ0v) is 11.0. The van der Waals surface area contributed by atoms with E-state index in [1.165, 1.54) is 6.92 Å². The Hall–Kier alpha value is -0.820. The number of hydrogen-bond acceptors (Lipinski definition) is 3. The van der Waals surface area contributed by atoms with Gasteiger partial charge in [0.05, 0.1) is 10.8 Å². The zero-order valence-electron chi connectivity index (χ0n) is 9.41. The smallest absolute Gasteiger partial charge is 0.244 e. The van der Waals surface area contributed by atoms with E-state index in [-0.39, 0.29) is 12.3 Å². The number of aromatic nitrogens is 1. The van der Waals surface area contributed by atoms with Crippen LogP contribution < -0.4 is 0 Å². The Morgan fingerprint density at radius 1 is 1.44 bits per heavy atom. The van der Waals surface area contributed by atoms with Gasteiger partial charge in [0.25, 0.3) is 0 Å². The van der Waals surface area contributed by atoms with Crippen LogP contribution in [0.15, 0.2) is 23.4 Å². The average Bonchev–Trinajstić information content (AvgIpc) is 2.28. The fourth-order valence-electron chi connectivity index (χ4n) is 1.33. The molecule has 0 aliphatic carbocycles. The van der Waals surface area contributed by atoms with Gasteiger partial charge in [-0.15, -0.1) is 11.6 Å². The van der Waals surface area contributed by atoms with Gasteiger partial charge in [-0.1, -0.05) is 0 Å². The minimum Gasteiger partial charge on any atom is -0.244 e. The Balaban J connectivity index is 3.34. The molecule has 102 valence electrons. The molecular weight excluding hydrogens is 291 g/mol. The lowest BCUT2D eigenvalue weighted by Crippen LogP contribution is -2.23. The monoisotopic (exact) mass is 301 g/mol. The number of nitrogens with zero attached hydrogens (tertiary/aromatic N) is 1. The summed E-state index contributed by atoms with van der Waals surface area (Å²) in [4.78, 5) is 3.37. The van der Waals surface area contributed by atoms with Gasteiger partial charge in [0.2, 0.25) is 0 Å². The number of hydrogen-bond donors (Lipinski definition) is 0. The Kier molecular flexibility index (Phi) is 4.61. The highest BCUT2D eigenvalue weighted by atomic mass is 35.5. The lowest BCUT2D eigenvalue weighted by Gasteiger charge is -2.15. The molecule has 0 saturated carbocycles. The van der Waals surface area contributed by atoms with Crippen molar-refractivity contribution in [1.82, 2.24) is 4.98 Å². The molecule has 1 aromatic rings. The van der Waals surface area contributed by atoms with Crippen LogP contribution in [0.3, 0.4) is 0 Å². The van der Waals surface area contributed by atoms with E-state index >= 15 is 0 Å². The number of sulfone groups is 1. The summed E-state index contributed by atoms with van der Waals surface area (Å²) in [6.07, 6.45) is -3.66. The zero-order chi connectivity index (χ0) is 14.0. The molecular formula is C10H11ClF3NO2S. The first-order valence-corrected chi connectivity index (χ1v) is 7.11. The molecule has 0 amide bonds. The Morgan fingerprint density at radius 3 is 2.56 bits per heavy atom. The standard InChI is InChI=1S/C10H11ClF3NO2S/c1-7(4-5-11)18(16,17)9-8(10(12,13)14)3-2-6-15-9/h2-3,6-7H,4-5H2,1H3. The van der Waals surface area contributed by atoms with Crippen LogP contribution in [0.5, 0.6) is 0 Å². The minimum absolute atomic E-state index is 0.0502. The van der Waals surface area contributed by atoms with E-state index in [4.69, 9.17) is 11.6 Å². The van der Waals surface area contributed by atoms with E-state index < -0.39 is 31.9 Å². The largest absolute Gasteiger partial charge is 0.419 e. The van der Waals surface area contributed by atoms with Crippen molar-refractivity contribution in [1.29, 1.82) is 0 Å². The minimum atomic E-state index is -4.75. The molecule has 0 bridgehead atoms. The molecule has 1 unspecified atom stereocenters. The summed E-state index contributed by atoms with van der Waals surface area (Å²) in [6, 6.07) is 1.75. The fourth-order valence-corrected chi connectivity index (χ4v) is 3.30. The molecule has 1 aromatic heterocycles. The predicted molar refractivity (Wildman–Crippen MR) is 61.2 cm³/mol. The van der Waals surface area contributed by atoms with Crippen molar-refractivity contribution < 1.29 is 21.6 Å². The topological polar surface area (TPSA) is 47.0 Å². The Bertz CT molecular complexity index is 516. The van der Waals surface area contributed by atoms with Crippen LogP contribution in [0.4, 0.5) is 13.2 Å². The molecule has 0 aliphatic heterocycles. The fraction of sp³-hybridized carbons (Fsp3) is 0.500. The highest BCUT2D eigenvalue weighted by molar-refractivity contribution is 7.92. The molecule has 1 atom stereocenters. The molecule has 18 heavy (non-hydrogen) atoms. The Labute approximate surface area is 108 Å². The first kappa shape index (κ1) is 15.2. The molecule has 0 aliphatic rings. The van der Waals surface area contributed by atoms with Gasteiger partial charge in [-0.3, -0.25) is 0 Å². The van der Waals surface area contributed by atoms with Gasteiger partial charge in [0, 0.05) is 12.1 Å². The highest BCUT2D eigenvalue weighted by Gasteiger charge is 2.39. The summed E-state index contributed by atoms with van der Waals surface area (Å²) >= 11 is 5.41. The molecule has 0 spiro atoms. The van der Waals surface area contributed by atoms with Crippen LogP contribution in [0, 0.1) is 0 Å². The quantitative estimate of drug-likeness (QED) is 0.803. The average molecular weight is 302 g/mol. The van der Waals surface area contributed by atoms with Crippen molar-refractivity contribution >= 4 is 21.4 Å². The summed E-state index contributed by atoms with van der Waals surface area (Å²) in [7, 11) is -4.13. The van der Waals surface area contributed by atoms with Gasteiger partial charge in [-0.25, -0.2) is 13.4 Å². The summed E-state index contributed by atoms with van der Waals surface area (Å²) < 4.78 is 62.0. The van der Waals surface area contributed by atoms with E-state index in [1.54, 1.807) is 0 Å². The molecule has 0 N–H and O–H groups in total. The molecule has 0 saturated heterocycles. The number of halogens is 4. The maximum atomic E-state index is 12.7. The van der Waals surface area contributed by atoms with Gasteiger partial charge < -0.3 is 0 Å². The highest BCUT2D eigenvalue weighted by Crippen LogP contribution is 2.34. The van der Waals surface area contributed by atoms with Crippen LogP contribution in [0.25, 0.3) is 0 Å². The number of rotatable bonds is 4. The third kappa shape index (κ3) is 3.14. The maximum Gasteiger partial charge on any atom is 0.419 e. The molecule has 1 rings (SSSR count). The van der Waals surface area contributed by atoms with Crippen LogP contribution in [-0.2, 0) is 16.0 Å². The summed E-state index contributed by atoms with van der Waals surface area (Å²) in [5.74, 6) is 0.0502. The second-order valence-electron chi connectivity index (χ2n) is 3.69. The first-order valence-electron chi connectivity index (χ1n) is 5.03. The van der Waals surface area contributed by atoms with Crippen molar-refractivity contribution in [3.05, 3.63) is 23.9 Å². The molecule has 0 aromatic carbocycles. The van der Waals surface area contributed by atoms with Gasteiger partial charge in [0.15, 0.2) is 14.9 Å². The maximum absolute atomic E-state index is 12.7. The van der Waals surface area contributed by atoms with E-state index in [9.17, 15) is 21.6 Å². The third-order valence-corrected chi connectivity index (χ3v) is 4.77. The number of alkyl halides is 4. The third-order valence-electron chi connectivity index (χ3n) is 2.39. The van der Waals surface area contributed by atoms with Gasteiger partial charge in [-0.2, -0.15) is 13.2 Å². The summed E-state index contributed by atoms with van der Waals surface area (Å²) in [5, 5.41) is -1.94. The molecule has 3 nitrogen and oxygen atoms in total. The first-order chi connectivity index (χ1) is 8.21.